The molecule has 2 nitrogen and oxygen atoms in total. The zero-order chi connectivity index (χ0) is 12.1. The molecule has 17 heavy (non-hydrogen) atoms. The van der Waals surface area contributed by atoms with Crippen molar-refractivity contribution in [3.63, 3.8) is 0 Å². The van der Waals surface area contributed by atoms with E-state index in [0.717, 1.165) is 11.1 Å². The van der Waals surface area contributed by atoms with Gasteiger partial charge in [0.15, 0.2) is 0 Å². The van der Waals surface area contributed by atoms with Crippen LogP contribution in [0.1, 0.15) is 11.1 Å². The van der Waals surface area contributed by atoms with Crippen molar-refractivity contribution in [2.45, 2.75) is 18.9 Å². The van der Waals surface area contributed by atoms with Gasteiger partial charge in [-0.25, -0.2) is 0 Å². The van der Waals surface area contributed by atoms with Crippen LogP contribution in [0.25, 0.3) is 0 Å². The van der Waals surface area contributed by atoms with Gasteiger partial charge in [0.05, 0.1) is 6.10 Å². The normalized spacial score (nSPS) is 12.4. The largest absolute Gasteiger partial charge is 0.392 e. The van der Waals surface area contributed by atoms with E-state index in [9.17, 15) is 5.11 Å². The van der Waals surface area contributed by atoms with Crippen LogP contribution in [0, 0.1) is 0 Å². The van der Waals surface area contributed by atoms with Gasteiger partial charge in [0.1, 0.15) is 0 Å². The molecule has 1 heterocycles. The van der Waals surface area contributed by atoms with E-state index >= 15 is 0 Å². The first kappa shape index (κ1) is 12.1. The summed E-state index contributed by atoms with van der Waals surface area (Å²) in [6.45, 7) is 0. The summed E-state index contributed by atoms with van der Waals surface area (Å²) in [5, 5.41) is 10.7. The number of halogens is 1. The Morgan fingerprint density at radius 2 is 1.88 bits per heavy atom. The SMILES string of the molecule is OC(Cc1cccnc1)Cc1cccc(Cl)c1. The first-order chi connectivity index (χ1) is 8.24. The molecule has 3 heteroatoms. The van der Waals surface area contributed by atoms with Crippen molar-refractivity contribution in [2.75, 3.05) is 0 Å². The highest BCUT2D eigenvalue weighted by atomic mass is 35.5. The van der Waals surface area contributed by atoms with Crippen molar-refractivity contribution in [1.82, 2.24) is 4.98 Å². The van der Waals surface area contributed by atoms with Crippen molar-refractivity contribution in [2.24, 2.45) is 0 Å². The monoisotopic (exact) mass is 247 g/mol. The summed E-state index contributed by atoms with van der Waals surface area (Å²) in [5.41, 5.74) is 2.09. The van der Waals surface area contributed by atoms with Crippen LogP contribution in [0.4, 0.5) is 0 Å². The first-order valence-electron chi connectivity index (χ1n) is 5.55. The van der Waals surface area contributed by atoms with Crippen molar-refractivity contribution < 1.29 is 5.11 Å². The topological polar surface area (TPSA) is 33.1 Å². The van der Waals surface area contributed by atoms with Crippen LogP contribution in [0.3, 0.4) is 0 Å². The van der Waals surface area contributed by atoms with Crippen molar-refractivity contribution in [1.29, 1.82) is 0 Å². The number of hydrogen-bond donors (Lipinski definition) is 1. The Kier molecular flexibility index (Phi) is 4.13. The van der Waals surface area contributed by atoms with E-state index < -0.39 is 6.10 Å². The molecule has 0 bridgehead atoms. The van der Waals surface area contributed by atoms with Gasteiger partial charge < -0.3 is 5.11 Å². The third-order valence-corrected chi connectivity index (χ3v) is 2.79. The van der Waals surface area contributed by atoms with Crippen LogP contribution in [0.5, 0.6) is 0 Å². The highest BCUT2D eigenvalue weighted by molar-refractivity contribution is 6.30. The minimum atomic E-state index is -0.405. The molecule has 2 rings (SSSR count). The number of benzene rings is 1. The zero-order valence-electron chi connectivity index (χ0n) is 9.38. The summed E-state index contributed by atoms with van der Waals surface area (Å²) in [5.74, 6) is 0. The van der Waals surface area contributed by atoms with E-state index in [1.807, 2.05) is 36.4 Å². The van der Waals surface area contributed by atoms with Crippen LogP contribution in [0.2, 0.25) is 5.02 Å². The standard InChI is InChI=1S/C14H14ClNO/c15-13-5-1-3-11(7-13)8-14(17)9-12-4-2-6-16-10-12/h1-7,10,14,17H,8-9H2. The van der Waals surface area contributed by atoms with Crippen molar-refractivity contribution in [3.05, 3.63) is 64.9 Å². The Labute approximate surface area is 106 Å². The lowest BCUT2D eigenvalue weighted by molar-refractivity contribution is 0.175. The van der Waals surface area contributed by atoms with E-state index in [1.54, 1.807) is 12.4 Å². The molecule has 0 fully saturated rings. The molecule has 0 amide bonds. The molecule has 0 aliphatic heterocycles. The number of rotatable bonds is 4. The van der Waals surface area contributed by atoms with E-state index in [4.69, 9.17) is 11.6 Å². The molecule has 2 aromatic rings. The highest BCUT2D eigenvalue weighted by Gasteiger charge is 2.07. The second kappa shape index (κ2) is 5.80. The minimum Gasteiger partial charge on any atom is -0.392 e. The van der Waals surface area contributed by atoms with E-state index in [0.29, 0.717) is 17.9 Å². The Morgan fingerprint density at radius 3 is 2.59 bits per heavy atom. The Balaban J connectivity index is 1.96. The van der Waals surface area contributed by atoms with Gasteiger partial charge in [-0.3, -0.25) is 4.98 Å². The third-order valence-electron chi connectivity index (χ3n) is 2.55. The summed E-state index contributed by atoms with van der Waals surface area (Å²) < 4.78 is 0. The number of aliphatic hydroxyl groups excluding tert-OH is 1. The van der Waals surface area contributed by atoms with Gasteiger partial charge in [-0.05, 0) is 35.7 Å². The molecule has 1 aromatic heterocycles. The minimum absolute atomic E-state index is 0.405. The Morgan fingerprint density at radius 1 is 1.12 bits per heavy atom. The van der Waals surface area contributed by atoms with Crippen LogP contribution in [-0.4, -0.2) is 16.2 Å². The third kappa shape index (κ3) is 3.84. The highest BCUT2D eigenvalue weighted by Crippen LogP contribution is 2.13. The number of nitrogens with zero attached hydrogens (tertiary/aromatic N) is 1. The van der Waals surface area contributed by atoms with Gasteiger partial charge in [-0.15, -0.1) is 0 Å². The number of aliphatic hydroxyl groups is 1. The molecule has 0 aliphatic carbocycles. The van der Waals surface area contributed by atoms with E-state index in [1.165, 1.54) is 0 Å². The van der Waals surface area contributed by atoms with Gasteiger partial charge in [0.25, 0.3) is 0 Å². The summed E-state index contributed by atoms with van der Waals surface area (Å²) in [6, 6.07) is 11.4. The second-order valence-corrected chi connectivity index (χ2v) is 4.49. The van der Waals surface area contributed by atoms with Crippen molar-refractivity contribution >= 4 is 11.6 Å². The summed E-state index contributed by atoms with van der Waals surface area (Å²) >= 11 is 5.90. The number of aromatic nitrogens is 1. The lowest BCUT2D eigenvalue weighted by Gasteiger charge is -2.10. The molecule has 0 radical (unpaired) electrons. The predicted octanol–water partition coefficient (Wildman–Crippen LogP) is 2.88. The maximum absolute atomic E-state index is 9.98. The summed E-state index contributed by atoms with van der Waals surface area (Å²) in [6.07, 6.45) is 4.32. The molecule has 0 saturated heterocycles. The van der Waals surface area contributed by atoms with Crippen LogP contribution >= 0.6 is 11.6 Å². The summed E-state index contributed by atoms with van der Waals surface area (Å²) in [7, 11) is 0. The lowest BCUT2D eigenvalue weighted by atomic mass is 10.0. The fraction of sp³-hybridized carbons (Fsp3) is 0.214. The first-order valence-corrected chi connectivity index (χ1v) is 5.93. The molecular formula is C14H14ClNO. The van der Waals surface area contributed by atoms with Crippen LogP contribution in [-0.2, 0) is 12.8 Å². The molecule has 1 aromatic carbocycles. The van der Waals surface area contributed by atoms with Gasteiger partial charge >= 0.3 is 0 Å². The number of pyridine rings is 1. The quantitative estimate of drug-likeness (QED) is 0.901. The molecular weight excluding hydrogens is 234 g/mol. The maximum Gasteiger partial charge on any atom is 0.0621 e. The zero-order valence-corrected chi connectivity index (χ0v) is 10.1. The van der Waals surface area contributed by atoms with Gasteiger partial charge in [0, 0.05) is 23.8 Å². The van der Waals surface area contributed by atoms with Gasteiger partial charge in [-0.2, -0.15) is 0 Å². The molecule has 0 spiro atoms. The molecule has 0 saturated carbocycles. The maximum atomic E-state index is 9.98. The number of hydrogen-bond acceptors (Lipinski definition) is 2. The van der Waals surface area contributed by atoms with Gasteiger partial charge in [0.2, 0.25) is 0 Å². The Bertz CT molecular complexity index is 473. The average Bonchev–Trinajstić information content (AvgIpc) is 2.30. The van der Waals surface area contributed by atoms with Crippen LogP contribution in [0.15, 0.2) is 48.8 Å². The average molecular weight is 248 g/mol. The summed E-state index contributed by atoms with van der Waals surface area (Å²) in [4.78, 5) is 4.03. The molecule has 0 aliphatic rings. The predicted molar refractivity (Wildman–Crippen MR) is 69.1 cm³/mol. The fourth-order valence-corrected chi connectivity index (χ4v) is 2.01. The Hall–Kier alpha value is -1.38. The fourth-order valence-electron chi connectivity index (χ4n) is 1.80. The van der Waals surface area contributed by atoms with E-state index in [2.05, 4.69) is 4.98 Å². The molecule has 88 valence electrons. The smallest absolute Gasteiger partial charge is 0.0621 e. The molecule has 1 atom stereocenters. The lowest BCUT2D eigenvalue weighted by Crippen LogP contribution is -2.13. The second-order valence-electron chi connectivity index (χ2n) is 4.05. The van der Waals surface area contributed by atoms with Gasteiger partial charge in [-0.1, -0.05) is 29.8 Å². The van der Waals surface area contributed by atoms with E-state index in [-0.39, 0.29) is 0 Å². The molecule has 1 unspecified atom stereocenters. The molecule has 1 N–H and O–H groups in total. The van der Waals surface area contributed by atoms with Crippen molar-refractivity contribution in [3.8, 4) is 0 Å². The van der Waals surface area contributed by atoms with Crippen LogP contribution < -0.4 is 0 Å².